The first-order valence-corrected chi connectivity index (χ1v) is 6.16. The van der Waals surface area contributed by atoms with Gasteiger partial charge >= 0.3 is 11.9 Å². The first kappa shape index (κ1) is 15.4. The second kappa shape index (κ2) is 8.52. The van der Waals surface area contributed by atoms with E-state index in [1.165, 1.54) is 14.2 Å². The molecule has 1 unspecified atom stereocenters. The molecule has 0 aromatic rings. The van der Waals surface area contributed by atoms with E-state index < -0.39 is 12.0 Å². The van der Waals surface area contributed by atoms with Crippen LogP contribution < -0.4 is 5.73 Å². The van der Waals surface area contributed by atoms with Crippen molar-refractivity contribution in [1.82, 2.24) is 0 Å². The predicted octanol–water partition coefficient (Wildman–Crippen LogP) is 0.841. The van der Waals surface area contributed by atoms with Crippen LogP contribution in [0.15, 0.2) is 0 Å². The minimum absolute atomic E-state index is 0.256. The molecule has 0 aliphatic heterocycles. The van der Waals surface area contributed by atoms with Gasteiger partial charge in [-0.15, -0.1) is 0 Å². The van der Waals surface area contributed by atoms with Crippen LogP contribution in [-0.4, -0.2) is 37.5 Å². The molecule has 0 aliphatic carbocycles. The van der Waals surface area contributed by atoms with E-state index >= 15 is 0 Å². The van der Waals surface area contributed by atoms with Gasteiger partial charge in [-0.1, -0.05) is 15.9 Å². The van der Waals surface area contributed by atoms with Gasteiger partial charge in [0.2, 0.25) is 0 Å². The third kappa shape index (κ3) is 5.46. The summed E-state index contributed by atoms with van der Waals surface area (Å²) in [6, 6.07) is -0.774. The van der Waals surface area contributed by atoms with Crippen molar-refractivity contribution in [1.29, 1.82) is 0 Å². The monoisotopic (exact) mass is 295 g/mol. The molecule has 94 valence electrons. The van der Waals surface area contributed by atoms with Gasteiger partial charge in [0.05, 0.1) is 20.1 Å². The molecule has 2 N–H and O–H groups in total. The second-order valence-electron chi connectivity index (χ2n) is 3.42. The summed E-state index contributed by atoms with van der Waals surface area (Å²) in [5, 5.41) is 0.800. The van der Waals surface area contributed by atoms with Crippen molar-refractivity contribution in [2.45, 2.75) is 25.3 Å². The summed E-state index contributed by atoms with van der Waals surface area (Å²) in [4.78, 5) is 22.5. The topological polar surface area (TPSA) is 78.6 Å². The Labute approximate surface area is 104 Å². The molecule has 0 spiro atoms. The van der Waals surface area contributed by atoms with E-state index in [1.54, 1.807) is 0 Å². The molecule has 0 aliphatic rings. The zero-order valence-electron chi connectivity index (χ0n) is 9.57. The fourth-order valence-corrected chi connectivity index (χ4v) is 1.70. The highest BCUT2D eigenvalue weighted by Crippen LogP contribution is 2.16. The summed E-state index contributed by atoms with van der Waals surface area (Å²) in [5.41, 5.74) is 5.60. The van der Waals surface area contributed by atoms with E-state index in [1.807, 2.05) is 0 Å². The third-order valence-electron chi connectivity index (χ3n) is 2.26. The summed E-state index contributed by atoms with van der Waals surface area (Å²) >= 11 is 3.28. The van der Waals surface area contributed by atoms with E-state index in [0.717, 1.165) is 11.8 Å². The first-order valence-electron chi connectivity index (χ1n) is 5.04. The van der Waals surface area contributed by atoms with Gasteiger partial charge in [0.1, 0.15) is 6.04 Å². The van der Waals surface area contributed by atoms with Gasteiger partial charge in [-0.3, -0.25) is 9.59 Å². The summed E-state index contributed by atoms with van der Waals surface area (Å²) in [6.07, 6.45) is 1.72. The molecule has 0 rings (SSSR count). The van der Waals surface area contributed by atoms with E-state index in [9.17, 15) is 9.59 Å². The molecule has 0 saturated heterocycles. The number of nitrogens with two attached hydrogens (primary N) is 1. The van der Waals surface area contributed by atoms with Crippen molar-refractivity contribution in [3.63, 3.8) is 0 Å². The fraction of sp³-hybridized carbons (Fsp3) is 0.800. The number of carbonyl (C=O) groups is 2. The molecule has 0 amide bonds. The average molecular weight is 296 g/mol. The Hall–Kier alpha value is -0.620. The number of esters is 2. The molecule has 0 saturated carbocycles. The maximum absolute atomic E-state index is 11.4. The van der Waals surface area contributed by atoms with Gasteiger partial charge in [0, 0.05) is 5.33 Å². The fourth-order valence-electron chi connectivity index (χ4n) is 1.38. The number of rotatable bonds is 7. The summed E-state index contributed by atoms with van der Waals surface area (Å²) in [5.74, 6) is -1.19. The maximum Gasteiger partial charge on any atom is 0.322 e. The maximum atomic E-state index is 11.4. The van der Waals surface area contributed by atoms with Gasteiger partial charge < -0.3 is 15.2 Å². The number of hydrogen-bond donors (Lipinski definition) is 1. The number of hydrogen-bond acceptors (Lipinski definition) is 5. The Morgan fingerprint density at radius 3 is 2.25 bits per heavy atom. The average Bonchev–Trinajstić information content (AvgIpc) is 2.31. The van der Waals surface area contributed by atoms with E-state index in [0.29, 0.717) is 6.42 Å². The Morgan fingerprint density at radius 2 is 1.81 bits per heavy atom. The lowest BCUT2D eigenvalue weighted by Gasteiger charge is -2.17. The number of halogens is 1. The molecular weight excluding hydrogens is 278 g/mol. The van der Waals surface area contributed by atoms with Crippen LogP contribution in [0, 0.1) is 5.92 Å². The van der Waals surface area contributed by atoms with Crippen molar-refractivity contribution in [3.05, 3.63) is 0 Å². The minimum atomic E-state index is -0.774. The SMILES string of the molecule is COC(=O)C(CCCBr)C[C@H](N)C(=O)OC. The Morgan fingerprint density at radius 1 is 1.25 bits per heavy atom. The lowest BCUT2D eigenvalue weighted by molar-refractivity contribution is -0.147. The smallest absolute Gasteiger partial charge is 0.322 e. The summed E-state index contributed by atoms with van der Waals surface area (Å²) < 4.78 is 9.17. The van der Waals surface area contributed by atoms with Gasteiger partial charge in [0.25, 0.3) is 0 Å². The molecule has 5 nitrogen and oxygen atoms in total. The standard InChI is InChI=1S/C10H18BrNO4/c1-15-9(13)7(4-3-5-11)6-8(12)10(14)16-2/h7-8H,3-6,12H2,1-2H3/t7?,8-/m0/s1. The van der Waals surface area contributed by atoms with Gasteiger partial charge in [-0.2, -0.15) is 0 Å². The van der Waals surface area contributed by atoms with Crippen molar-refractivity contribution in [2.75, 3.05) is 19.5 Å². The molecule has 0 aromatic carbocycles. The van der Waals surface area contributed by atoms with Crippen LogP contribution in [0.5, 0.6) is 0 Å². The Bertz CT molecular complexity index is 235. The number of ether oxygens (including phenoxy) is 2. The molecule has 0 aromatic heterocycles. The molecule has 0 radical (unpaired) electrons. The Kier molecular flexibility index (Phi) is 8.19. The number of carbonyl (C=O) groups excluding carboxylic acids is 2. The van der Waals surface area contributed by atoms with Crippen LogP contribution in [-0.2, 0) is 19.1 Å². The number of alkyl halides is 1. The third-order valence-corrected chi connectivity index (χ3v) is 2.82. The molecule has 0 bridgehead atoms. The van der Waals surface area contributed by atoms with Crippen molar-refractivity contribution in [3.8, 4) is 0 Å². The minimum Gasteiger partial charge on any atom is -0.469 e. The van der Waals surface area contributed by atoms with Gasteiger partial charge in [-0.05, 0) is 19.3 Å². The van der Waals surface area contributed by atoms with Crippen LogP contribution in [0.2, 0.25) is 0 Å². The molecule has 0 heterocycles. The van der Waals surface area contributed by atoms with Crippen LogP contribution in [0.1, 0.15) is 19.3 Å². The lowest BCUT2D eigenvalue weighted by Crippen LogP contribution is -2.35. The molecule has 2 atom stereocenters. The van der Waals surface area contributed by atoms with E-state index in [-0.39, 0.29) is 18.3 Å². The molecule has 0 fully saturated rings. The zero-order valence-corrected chi connectivity index (χ0v) is 11.2. The van der Waals surface area contributed by atoms with E-state index in [2.05, 4.69) is 25.4 Å². The van der Waals surface area contributed by atoms with Crippen molar-refractivity contribution >= 4 is 27.9 Å². The normalized spacial score (nSPS) is 14.0. The zero-order chi connectivity index (χ0) is 12.6. The molecular formula is C10H18BrNO4. The Balaban J connectivity index is 4.29. The highest BCUT2D eigenvalue weighted by Gasteiger charge is 2.25. The van der Waals surface area contributed by atoms with Gasteiger partial charge in [-0.25, -0.2) is 0 Å². The molecule has 6 heteroatoms. The van der Waals surface area contributed by atoms with Crippen LogP contribution in [0.3, 0.4) is 0 Å². The van der Waals surface area contributed by atoms with Gasteiger partial charge in [0.15, 0.2) is 0 Å². The van der Waals surface area contributed by atoms with Crippen molar-refractivity contribution in [2.24, 2.45) is 11.7 Å². The molecule has 16 heavy (non-hydrogen) atoms. The van der Waals surface area contributed by atoms with E-state index in [4.69, 9.17) is 5.73 Å². The highest BCUT2D eigenvalue weighted by atomic mass is 79.9. The number of methoxy groups -OCH3 is 2. The quantitative estimate of drug-likeness (QED) is 0.556. The second-order valence-corrected chi connectivity index (χ2v) is 4.21. The summed E-state index contributed by atoms with van der Waals surface area (Å²) in [7, 11) is 2.60. The lowest BCUT2D eigenvalue weighted by atomic mass is 9.96. The van der Waals surface area contributed by atoms with Crippen LogP contribution >= 0.6 is 15.9 Å². The van der Waals surface area contributed by atoms with Crippen LogP contribution in [0.4, 0.5) is 0 Å². The summed E-state index contributed by atoms with van der Waals surface area (Å²) in [6.45, 7) is 0. The highest BCUT2D eigenvalue weighted by molar-refractivity contribution is 9.09. The van der Waals surface area contributed by atoms with Crippen molar-refractivity contribution < 1.29 is 19.1 Å². The first-order chi connectivity index (χ1) is 7.56. The largest absolute Gasteiger partial charge is 0.469 e. The predicted molar refractivity (Wildman–Crippen MR) is 63.1 cm³/mol. The van der Waals surface area contributed by atoms with Crippen LogP contribution in [0.25, 0.3) is 0 Å².